The molecular weight excluding hydrogens is 350 g/mol. The largest absolute Gasteiger partial charge is 0.491 e. The van der Waals surface area contributed by atoms with E-state index in [4.69, 9.17) is 14.3 Å². The molecular formula is C20H19NO6. The average molecular weight is 369 g/mol. The highest BCUT2D eigenvalue weighted by Crippen LogP contribution is 2.23. The first-order chi connectivity index (χ1) is 13.1. The number of imide groups is 1. The van der Waals surface area contributed by atoms with E-state index in [9.17, 15) is 14.4 Å². The third-order valence-corrected chi connectivity index (χ3v) is 4.02. The van der Waals surface area contributed by atoms with E-state index in [2.05, 4.69) is 0 Å². The van der Waals surface area contributed by atoms with E-state index < -0.39 is 17.8 Å². The molecule has 0 saturated carbocycles. The summed E-state index contributed by atoms with van der Waals surface area (Å²) in [6, 6.07) is 13.7. The van der Waals surface area contributed by atoms with Crippen molar-refractivity contribution in [3.8, 4) is 5.75 Å². The number of methoxy groups -OCH3 is 1. The predicted molar refractivity (Wildman–Crippen MR) is 95.2 cm³/mol. The van der Waals surface area contributed by atoms with Crippen LogP contribution in [-0.4, -0.2) is 43.2 Å². The van der Waals surface area contributed by atoms with Gasteiger partial charge in [0.25, 0.3) is 11.8 Å². The smallest absolute Gasteiger partial charge is 0.333 e. The molecule has 0 fully saturated rings. The highest BCUT2D eigenvalue weighted by molar-refractivity contribution is 6.20. The van der Waals surface area contributed by atoms with Crippen LogP contribution in [0.3, 0.4) is 0 Å². The average Bonchev–Trinajstić information content (AvgIpc) is 2.92. The zero-order chi connectivity index (χ0) is 19.2. The minimum atomic E-state index is -0.657. The molecule has 2 aromatic carbocycles. The maximum atomic E-state index is 12.2. The van der Waals surface area contributed by atoms with Gasteiger partial charge in [-0.2, -0.15) is 0 Å². The van der Waals surface area contributed by atoms with Crippen molar-refractivity contribution in [3.63, 3.8) is 0 Å². The van der Waals surface area contributed by atoms with Gasteiger partial charge in [0, 0.05) is 7.11 Å². The number of hydrogen-bond donors (Lipinski definition) is 0. The number of carbonyl (C=O) groups excluding carboxylic acids is 3. The fourth-order valence-electron chi connectivity index (χ4n) is 2.68. The van der Waals surface area contributed by atoms with Crippen LogP contribution in [-0.2, 0) is 20.8 Å². The number of rotatable bonds is 8. The Morgan fingerprint density at radius 2 is 1.67 bits per heavy atom. The summed E-state index contributed by atoms with van der Waals surface area (Å²) < 4.78 is 10.5. The van der Waals surface area contributed by atoms with Gasteiger partial charge in [-0.15, -0.1) is 0 Å². The molecule has 7 nitrogen and oxygen atoms in total. The van der Waals surface area contributed by atoms with E-state index in [1.165, 1.54) is 12.1 Å². The fourth-order valence-corrected chi connectivity index (χ4v) is 2.68. The summed E-state index contributed by atoms with van der Waals surface area (Å²) in [5, 5.41) is 0.525. The summed E-state index contributed by atoms with van der Waals surface area (Å²) >= 11 is 0. The lowest BCUT2D eigenvalue weighted by Gasteiger charge is -2.13. The van der Waals surface area contributed by atoms with E-state index in [0.29, 0.717) is 30.4 Å². The number of carbonyl (C=O) groups is 3. The minimum absolute atomic E-state index is 0.0227. The topological polar surface area (TPSA) is 82.1 Å². The van der Waals surface area contributed by atoms with Gasteiger partial charge in [0.05, 0.1) is 24.2 Å². The van der Waals surface area contributed by atoms with Crippen molar-refractivity contribution < 1.29 is 28.7 Å². The Labute approximate surface area is 156 Å². The van der Waals surface area contributed by atoms with E-state index in [1.54, 1.807) is 19.2 Å². The molecule has 0 N–H and O–H groups in total. The molecule has 1 heterocycles. The van der Waals surface area contributed by atoms with Gasteiger partial charge < -0.3 is 14.3 Å². The number of amides is 2. The van der Waals surface area contributed by atoms with Crippen LogP contribution in [0, 0.1) is 0 Å². The second kappa shape index (κ2) is 8.46. The highest BCUT2D eigenvalue weighted by Gasteiger charge is 2.38. The van der Waals surface area contributed by atoms with Crippen LogP contribution in [0.1, 0.15) is 32.7 Å². The molecule has 140 valence electrons. The summed E-state index contributed by atoms with van der Waals surface area (Å²) in [5.41, 5.74) is 1.34. The van der Waals surface area contributed by atoms with Crippen molar-refractivity contribution in [2.24, 2.45) is 0 Å². The lowest BCUT2D eigenvalue weighted by Crippen LogP contribution is -2.32. The van der Waals surface area contributed by atoms with Gasteiger partial charge in [0.1, 0.15) is 12.4 Å². The number of hydroxylamine groups is 2. The Bertz CT molecular complexity index is 828. The van der Waals surface area contributed by atoms with Gasteiger partial charge in [-0.05, 0) is 36.2 Å². The van der Waals surface area contributed by atoms with E-state index in [1.807, 2.05) is 24.3 Å². The zero-order valence-corrected chi connectivity index (χ0v) is 14.8. The molecule has 0 unspecified atom stereocenters. The van der Waals surface area contributed by atoms with Crippen LogP contribution in [0.25, 0.3) is 0 Å². The maximum absolute atomic E-state index is 12.2. The standard InChI is InChI=1S/C20H19NO6/c1-25-11-12-26-15-6-4-5-14(13-15)9-10-18(22)27-21-19(23)16-7-2-3-8-17(16)20(21)24/h2-8,13H,9-12H2,1H3. The van der Waals surface area contributed by atoms with Gasteiger partial charge in [0.15, 0.2) is 0 Å². The second-order valence-electron chi connectivity index (χ2n) is 5.90. The van der Waals surface area contributed by atoms with Crippen molar-refractivity contribution in [2.45, 2.75) is 12.8 Å². The number of fused-ring (bicyclic) bond motifs is 1. The Balaban J connectivity index is 1.54. The van der Waals surface area contributed by atoms with Gasteiger partial charge in [-0.3, -0.25) is 9.59 Å². The molecule has 3 rings (SSSR count). The van der Waals surface area contributed by atoms with Gasteiger partial charge >= 0.3 is 5.97 Å². The quantitative estimate of drug-likeness (QED) is 0.525. The van der Waals surface area contributed by atoms with Gasteiger partial charge in [0.2, 0.25) is 0 Å². The lowest BCUT2D eigenvalue weighted by atomic mass is 10.1. The second-order valence-corrected chi connectivity index (χ2v) is 5.90. The van der Waals surface area contributed by atoms with Crippen LogP contribution in [0.15, 0.2) is 48.5 Å². The Morgan fingerprint density at radius 1 is 0.963 bits per heavy atom. The fraction of sp³-hybridized carbons (Fsp3) is 0.250. The lowest BCUT2D eigenvalue weighted by molar-refractivity contribution is -0.168. The highest BCUT2D eigenvalue weighted by atomic mass is 16.7. The van der Waals surface area contributed by atoms with E-state index in [0.717, 1.165) is 5.56 Å². The van der Waals surface area contributed by atoms with Crippen LogP contribution >= 0.6 is 0 Å². The van der Waals surface area contributed by atoms with E-state index >= 15 is 0 Å². The molecule has 27 heavy (non-hydrogen) atoms. The number of aryl methyl sites for hydroxylation is 1. The molecule has 2 aromatic rings. The Kier molecular flexibility index (Phi) is 5.83. The van der Waals surface area contributed by atoms with Crippen molar-refractivity contribution in [3.05, 3.63) is 65.2 Å². The number of benzene rings is 2. The molecule has 0 aromatic heterocycles. The SMILES string of the molecule is COCCOc1cccc(CCC(=O)ON2C(=O)c3ccccc3C2=O)c1. The van der Waals surface area contributed by atoms with Crippen LogP contribution in [0.2, 0.25) is 0 Å². The molecule has 1 aliphatic rings. The molecule has 0 bridgehead atoms. The number of hydrogen-bond acceptors (Lipinski definition) is 6. The maximum Gasteiger partial charge on any atom is 0.333 e. The third-order valence-electron chi connectivity index (χ3n) is 4.02. The predicted octanol–water partition coefficient (Wildman–Crippen LogP) is 2.40. The zero-order valence-electron chi connectivity index (χ0n) is 14.8. The summed E-state index contributed by atoms with van der Waals surface area (Å²) in [6.45, 7) is 0.915. The molecule has 2 amide bonds. The van der Waals surface area contributed by atoms with Crippen LogP contribution < -0.4 is 4.74 Å². The minimum Gasteiger partial charge on any atom is -0.491 e. The first-order valence-corrected chi connectivity index (χ1v) is 8.49. The van der Waals surface area contributed by atoms with Crippen molar-refractivity contribution >= 4 is 17.8 Å². The Hall–Kier alpha value is -3.19. The number of ether oxygens (including phenoxy) is 2. The molecule has 0 atom stereocenters. The van der Waals surface area contributed by atoms with Gasteiger partial charge in [-0.25, -0.2) is 4.79 Å². The summed E-state index contributed by atoms with van der Waals surface area (Å²) in [7, 11) is 1.60. The van der Waals surface area contributed by atoms with Crippen LogP contribution in [0.5, 0.6) is 5.75 Å². The van der Waals surface area contributed by atoms with Crippen molar-refractivity contribution in [1.82, 2.24) is 5.06 Å². The van der Waals surface area contributed by atoms with Crippen LogP contribution in [0.4, 0.5) is 0 Å². The monoisotopic (exact) mass is 369 g/mol. The van der Waals surface area contributed by atoms with E-state index in [-0.39, 0.29) is 17.5 Å². The molecule has 0 saturated heterocycles. The molecule has 0 spiro atoms. The summed E-state index contributed by atoms with van der Waals surface area (Å²) in [4.78, 5) is 41.5. The molecule has 7 heteroatoms. The Morgan fingerprint density at radius 3 is 2.33 bits per heavy atom. The molecule has 0 aliphatic carbocycles. The molecule has 0 radical (unpaired) electrons. The third kappa shape index (κ3) is 4.32. The number of nitrogens with zero attached hydrogens (tertiary/aromatic N) is 1. The van der Waals surface area contributed by atoms with Crippen molar-refractivity contribution in [2.75, 3.05) is 20.3 Å². The molecule has 1 aliphatic heterocycles. The van der Waals surface area contributed by atoms with Gasteiger partial charge in [-0.1, -0.05) is 29.3 Å². The normalized spacial score (nSPS) is 12.9. The summed E-state index contributed by atoms with van der Waals surface area (Å²) in [5.74, 6) is -1.23. The van der Waals surface area contributed by atoms with Crippen molar-refractivity contribution in [1.29, 1.82) is 0 Å². The first-order valence-electron chi connectivity index (χ1n) is 8.49. The summed E-state index contributed by atoms with van der Waals surface area (Å²) in [6.07, 6.45) is 0.415. The first kappa shape index (κ1) is 18.6.